The minimum Gasteiger partial charge on any atom is -0.494 e. The SMILES string of the molecule is CCCCOc1ccc(C(=O)NCC(=O)OCC(=O)N2CCC[C@@H]3CCCC[C@H]32)cc1. The second-order valence-electron chi connectivity index (χ2n) is 8.41. The minimum atomic E-state index is -0.613. The monoisotopic (exact) mass is 430 g/mol. The van der Waals surface area contributed by atoms with E-state index in [2.05, 4.69) is 12.2 Å². The highest BCUT2D eigenvalue weighted by Crippen LogP contribution is 2.35. The van der Waals surface area contributed by atoms with Gasteiger partial charge in [0, 0.05) is 18.2 Å². The molecule has 0 bridgehead atoms. The highest BCUT2D eigenvalue weighted by Gasteiger charge is 2.35. The Kier molecular flexibility index (Phi) is 8.74. The predicted molar refractivity (Wildman–Crippen MR) is 117 cm³/mol. The van der Waals surface area contributed by atoms with Crippen LogP contribution in [0.4, 0.5) is 0 Å². The predicted octanol–water partition coefficient (Wildman–Crippen LogP) is 3.32. The molecular weight excluding hydrogens is 396 g/mol. The summed E-state index contributed by atoms with van der Waals surface area (Å²) in [6.07, 6.45) is 8.86. The highest BCUT2D eigenvalue weighted by molar-refractivity contribution is 5.96. The van der Waals surface area contributed by atoms with E-state index < -0.39 is 5.97 Å². The summed E-state index contributed by atoms with van der Waals surface area (Å²) in [7, 11) is 0. The van der Waals surface area contributed by atoms with Crippen molar-refractivity contribution in [2.45, 2.75) is 64.3 Å². The summed E-state index contributed by atoms with van der Waals surface area (Å²) in [5, 5.41) is 2.54. The van der Waals surface area contributed by atoms with E-state index in [9.17, 15) is 14.4 Å². The molecule has 170 valence electrons. The Hall–Kier alpha value is -2.57. The maximum absolute atomic E-state index is 12.6. The minimum absolute atomic E-state index is 0.130. The van der Waals surface area contributed by atoms with Crippen molar-refractivity contribution in [3.63, 3.8) is 0 Å². The molecule has 3 rings (SSSR count). The fourth-order valence-electron chi connectivity index (χ4n) is 4.50. The van der Waals surface area contributed by atoms with Crippen LogP contribution < -0.4 is 10.1 Å². The third-order valence-electron chi connectivity index (χ3n) is 6.20. The number of benzene rings is 1. The fourth-order valence-corrected chi connectivity index (χ4v) is 4.50. The molecule has 2 aliphatic rings. The molecule has 2 atom stereocenters. The van der Waals surface area contributed by atoms with Gasteiger partial charge in [0.05, 0.1) is 6.61 Å². The van der Waals surface area contributed by atoms with Crippen LogP contribution in [0.15, 0.2) is 24.3 Å². The van der Waals surface area contributed by atoms with Gasteiger partial charge in [0.2, 0.25) is 0 Å². The van der Waals surface area contributed by atoms with Crippen molar-refractivity contribution in [1.29, 1.82) is 0 Å². The molecule has 7 nitrogen and oxygen atoms in total. The number of hydrogen-bond donors (Lipinski definition) is 1. The van der Waals surface area contributed by atoms with Gasteiger partial charge in [-0.15, -0.1) is 0 Å². The number of nitrogens with one attached hydrogen (secondary N) is 1. The van der Waals surface area contributed by atoms with Gasteiger partial charge in [-0.05, 0) is 62.3 Å². The summed E-state index contributed by atoms with van der Waals surface area (Å²) >= 11 is 0. The quantitative estimate of drug-likeness (QED) is 0.480. The molecule has 7 heteroatoms. The maximum Gasteiger partial charge on any atom is 0.325 e. The largest absolute Gasteiger partial charge is 0.494 e. The van der Waals surface area contributed by atoms with E-state index in [1.165, 1.54) is 19.3 Å². The zero-order valence-corrected chi connectivity index (χ0v) is 18.4. The fraction of sp³-hybridized carbons (Fsp3) is 0.625. The van der Waals surface area contributed by atoms with Crippen LogP contribution in [0.2, 0.25) is 0 Å². The molecule has 1 aromatic carbocycles. The molecule has 2 amide bonds. The van der Waals surface area contributed by atoms with Crippen LogP contribution in [-0.2, 0) is 14.3 Å². The summed E-state index contributed by atoms with van der Waals surface area (Å²) in [4.78, 5) is 38.7. The van der Waals surface area contributed by atoms with Gasteiger partial charge in [0.1, 0.15) is 12.3 Å². The lowest BCUT2D eigenvalue weighted by Gasteiger charge is -2.44. The lowest BCUT2D eigenvalue weighted by Crippen LogP contribution is -2.51. The number of hydrogen-bond acceptors (Lipinski definition) is 5. The Balaban J connectivity index is 1.38. The Morgan fingerprint density at radius 1 is 1.06 bits per heavy atom. The first-order valence-electron chi connectivity index (χ1n) is 11.5. The van der Waals surface area contributed by atoms with Gasteiger partial charge >= 0.3 is 5.97 Å². The first kappa shape index (κ1) is 23.1. The molecule has 2 fully saturated rings. The Labute approximate surface area is 184 Å². The number of nitrogens with zero attached hydrogens (tertiary/aromatic N) is 1. The number of piperidine rings is 1. The van der Waals surface area contributed by atoms with Crippen molar-refractivity contribution < 1.29 is 23.9 Å². The lowest BCUT2D eigenvalue weighted by molar-refractivity contribution is -0.154. The van der Waals surface area contributed by atoms with Gasteiger partial charge in [-0.25, -0.2) is 0 Å². The van der Waals surface area contributed by atoms with Gasteiger partial charge in [0.15, 0.2) is 6.61 Å². The zero-order chi connectivity index (χ0) is 22.1. The maximum atomic E-state index is 12.6. The Morgan fingerprint density at radius 2 is 1.81 bits per heavy atom. The van der Waals surface area contributed by atoms with Gasteiger partial charge in [-0.3, -0.25) is 14.4 Å². The smallest absolute Gasteiger partial charge is 0.325 e. The summed E-state index contributed by atoms with van der Waals surface area (Å²) in [6, 6.07) is 7.07. The van der Waals surface area contributed by atoms with Gasteiger partial charge in [-0.2, -0.15) is 0 Å². The molecule has 1 aromatic rings. The molecule has 1 aliphatic carbocycles. The zero-order valence-electron chi connectivity index (χ0n) is 18.4. The average Bonchev–Trinajstić information content (AvgIpc) is 2.81. The second-order valence-corrected chi connectivity index (χ2v) is 8.41. The number of unbranched alkanes of at least 4 members (excludes halogenated alkanes) is 1. The van der Waals surface area contributed by atoms with Crippen LogP contribution in [-0.4, -0.2) is 55.0 Å². The molecule has 1 heterocycles. The molecule has 1 saturated heterocycles. The molecule has 0 radical (unpaired) electrons. The van der Waals surface area contributed by atoms with Crippen molar-refractivity contribution in [1.82, 2.24) is 10.2 Å². The van der Waals surface area contributed by atoms with Crippen molar-refractivity contribution in [3.8, 4) is 5.75 Å². The van der Waals surface area contributed by atoms with E-state index in [-0.39, 0.29) is 25.0 Å². The van der Waals surface area contributed by atoms with Crippen LogP contribution in [0.1, 0.15) is 68.6 Å². The molecule has 31 heavy (non-hydrogen) atoms. The van der Waals surface area contributed by atoms with Crippen LogP contribution >= 0.6 is 0 Å². The lowest BCUT2D eigenvalue weighted by atomic mass is 9.78. The third kappa shape index (κ3) is 6.71. The van der Waals surface area contributed by atoms with E-state index >= 15 is 0 Å². The first-order chi connectivity index (χ1) is 15.1. The third-order valence-corrected chi connectivity index (χ3v) is 6.20. The van der Waals surface area contributed by atoms with Crippen LogP contribution in [0.25, 0.3) is 0 Å². The van der Waals surface area contributed by atoms with E-state index in [1.807, 2.05) is 4.90 Å². The highest BCUT2D eigenvalue weighted by atomic mass is 16.5. The molecular formula is C24H34N2O5. The molecule has 0 spiro atoms. The van der Waals surface area contributed by atoms with Gasteiger partial charge < -0.3 is 19.7 Å². The molecule has 0 unspecified atom stereocenters. The van der Waals surface area contributed by atoms with E-state index in [0.29, 0.717) is 29.9 Å². The van der Waals surface area contributed by atoms with E-state index in [4.69, 9.17) is 9.47 Å². The van der Waals surface area contributed by atoms with Crippen molar-refractivity contribution in [2.75, 3.05) is 26.3 Å². The van der Waals surface area contributed by atoms with Crippen molar-refractivity contribution in [2.24, 2.45) is 5.92 Å². The normalized spacial score (nSPS) is 20.5. The summed E-state index contributed by atoms with van der Waals surface area (Å²) < 4.78 is 10.7. The molecule has 0 aromatic heterocycles. The number of carbonyl (C=O) groups is 3. The Bertz CT molecular complexity index is 747. The topological polar surface area (TPSA) is 84.9 Å². The number of carbonyl (C=O) groups excluding carboxylic acids is 3. The van der Waals surface area contributed by atoms with Crippen molar-refractivity contribution >= 4 is 17.8 Å². The molecule has 1 N–H and O–H groups in total. The van der Waals surface area contributed by atoms with Crippen LogP contribution in [0.5, 0.6) is 5.75 Å². The molecule has 1 saturated carbocycles. The standard InChI is InChI=1S/C24H34N2O5/c1-2-3-15-30-20-12-10-19(11-13-20)24(29)25-16-23(28)31-17-22(27)26-14-6-8-18-7-4-5-9-21(18)26/h10-13,18,21H,2-9,14-17H2,1H3,(H,25,29)/t18-,21+/m0/s1. The summed E-state index contributed by atoms with van der Waals surface area (Å²) in [5.74, 6) is 0.184. The number of likely N-dealkylation sites (tertiary alicyclic amines) is 1. The molecule has 1 aliphatic heterocycles. The first-order valence-corrected chi connectivity index (χ1v) is 11.5. The number of amides is 2. The van der Waals surface area contributed by atoms with Crippen LogP contribution in [0, 0.1) is 5.92 Å². The number of fused-ring (bicyclic) bond motifs is 1. The number of rotatable bonds is 9. The van der Waals surface area contributed by atoms with E-state index in [0.717, 1.165) is 38.6 Å². The number of esters is 1. The van der Waals surface area contributed by atoms with Gasteiger partial charge in [-0.1, -0.05) is 26.2 Å². The number of ether oxygens (including phenoxy) is 2. The Morgan fingerprint density at radius 3 is 2.58 bits per heavy atom. The summed E-state index contributed by atoms with van der Waals surface area (Å²) in [5.41, 5.74) is 0.434. The summed E-state index contributed by atoms with van der Waals surface area (Å²) in [6.45, 7) is 2.95. The van der Waals surface area contributed by atoms with Crippen LogP contribution in [0.3, 0.4) is 0 Å². The van der Waals surface area contributed by atoms with Gasteiger partial charge in [0.25, 0.3) is 11.8 Å². The second kappa shape index (κ2) is 11.7. The van der Waals surface area contributed by atoms with Crippen molar-refractivity contribution in [3.05, 3.63) is 29.8 Å². The average molecular weight is 431 g/mol. The van der Waals surface area contributed by atoms with E-state index in [1.54, 1.807) is 24.3 Å².